The number of likely N-dealkylation sites (tertiary alicyclic amines) is 1. The maximum Gasteiger partial charge on any atom is 0.313 e. The van der Waals surface area contributed by atoms with Crippen molar-refractivity contribution in [2.24, 2.45) is 11.8 Å². The summed E-state index contributed by atoms with van der Waals surface area (Å²) in [4.78, 5) is 57.7. The Labute approximate surface area is 254 Å². The van der Waals surface area contributed by atoms with E-state index in [1.807, 2.05) is 37.3 Å². The Hall–Kier alpha value is -3.50. The largest absolute Gasteiger partial charge is 0.455 e. The third-order valence-electron chi connectivity index (χ3n) is 8.80. The van der Waals surface area contributed by atoms with Crippen LogP contribution in [0.4, 0.5) is 0 Å². The van der Waals surface area contributed by atoms with Gasteiger partial charge in [0, 0.05) is 32.7 Å². The highest BCUT2D eigenvalue weighted by atomic mass is 16.6. The lowest BCUT2D eigenvalue weighted by atomic mass is 9.70. The minimum absolute atomic E-state index is 0.0748. The summed E-state index contributed by atoms with van der Waals surface area (Å²) < 4.78 is 12.6. The first-order valence-electron chi connectivity index (χ1n) is 15.4. The Morgan fingerprint density at radius 2 is 2.00 bits per heavy atom. The number of carbonyl (C=O) groups excluding carboxylic acids is 4. The van der Waals surface area contributed by atoms with Gasteiger partial charge < -0.3 is 29.7 Å². The van der Waals surface area contributed by atoms with Crippen LogP contribution in [0.1, 0.15) is 63.5 Å². The summed E-state index contributed by atoms with van der Waals surface area (Å²) in [5, 5.41) is 12.4. The second-order valence-electron chi connectivity index (χ2n) is 11.6. The Kier molecular flexibility index (Phi) is 11.2. The van der Waals surface area contributed by atoms with E-state index in [-0.39, 0.29) is 43.8 Å². The second kappa shape index (κ2) is 14.8. The lowest BCUT2D eigenvalue weighted by molar-refractivity contribution is -0.160. The molecule has 0 aliphatic carbocycles. The quantitative estimate of drug-likeness (QED) is 0.210. The molecule has 1 aromatic rings. The van der Waals surface area contributed by atoms with Crippen molar-refractivity contribution in [3.8, 4) is 0 Å². The zero-order valence-corrected chi connectivity index (χ0v) is 25.1. The van der Waals surface area contributed by atoms with Crippen LogP contribution >= 0.6 is 0 Å². The highest BCUT2D eigenvalue weighted by Crippen LogP contribution is 2.59. The van der Waals surface area contributed by atoms with Gasteiger partial charge in [-0.1, -0.05) is 55.8 Å². The zero-order chi connectivity index (χ0) is 31.0. The SMILES string of the molecule is C=CCCC(=O)NC[C@H](OC(=O)[C@@H]1[C@@H]2CC[C@]3(O2)[C@H](C(=O)N(CC=C)CCCC)N(CCCO)C(=O)[C@@H]13)c1ccccc1. The number of fused-ring (bicyclic) bond motifs is 1. The molecule has 43 heavy (non-hydrogen) atoms. The lowest BCUT2D eigenvalue weighted by Crippen LogP contribution is -2.56. The summed E-state index contributed by atoms with van der Waals surface area (Å²) >= 11 is 0. The van der Waals surface area contributed by atoms with Crippen molar-refractivity contribution in [1.82, 2.24) is 15.1 Å². The van der Waals surface area contributed by atoms with E-state index in [1.165, 1.54) is 4.90 Å². The van der Waals surface area contributed by atoms with Crippen molar-refractivity contribution in [2.75, 3.05) is 32.8 Å². The molecule has 4 rings (SSSR count). The molecular weight excluding hydrogens is 550 g/mol. The average molecular weight is 596 g/mol. The van der Waals surface area contributed by atoms with E-state index in [4.69, 9.17) is 9.47 Å². The van der Waals surface area contributed by atoms with Gasteiger partial charge in [0.05, 0.1) is 24.5 Å². The van der Waals surface area contributed by atoms with E-state index in [1.54, 1.807) is 17.1 Å². The summed E-state index contributed by atoms with van der Waals surface area (Å²) in [5.41, 5.74) is -0.435. The van der Waals surface area contributed by atoms with Crippen molar-refractivity contribution in [1.29, 1.82) is 0 Å². The molecule has 3 saturated heterocycles. The van der Waals surface area contributed by atoms with Crippen molar-refractivity contribution in [3.63, 3.8) is 0 Å². The summed E-state index contributed by atoms with van der Waals surface area (Å²) in [6, 6.07) is 8.25. The smallest absolute Gasteiger partial charge is 0.313 e. The normalized spacial score (nSPS) is 26.1. The third kappa shape index (κ3) is 6.70. The highest BCUT2D eigenvalue weighted by molar-refractivity contribution is 5.98. The Balaban J connectivity index is 1.61. The summed E-state index contributed by atoms with van der Waals surface area (Å²) in [6.07, 6.45) is 5.81. The number of carbonyl (C=O) groups is 4. The van der Waals surface area contributed by atoms with E-state index in [0.717, 1.165) is 12.8 Å². The Morgan fingerprint density at radius 3 is 2.67 bits per heavy atom. The second-order valence-corrected chi connectivity index (χ2v) is 11.6. The predicted octanol–water partition coefficient (Wildman–Crippen LogP) is 2.93. The maximum absolute atomic E-state index is 14.1. The summed E-state index contributed by atoms with van der Waals surface area (Å²) in [6.45, 7) is 10.5. The molecule has 3 heterocycles. The van der Waals surface area contributed by atoms with Gasteiger partial charge in [-0.3, -0.25) is 19.2 Å². The predicted molar refractivity (Wildman–Crippen MR) is 160 cm³/mol. The minimum atomic E-state index is -1.15. The number of nitrogens with one attached hydrogen (secondary N) is 1. The Bertz CT molecular complexity index is 1170. The summed E-state index contributed by atoms with van der Waals surface area (Å²) in [5.74, 6) is -3.06. The first-order valence-corrected chi connectivity index (χ1v) is 15.4. The van der Waals surface area contributed by atoms with E-state index in [2.05, 4.69) is 18.5 Å². The van der Waals surface area contributed by atoms with Crippen LogP contribution < -0.4 is 5.32 Å². The van der Waals surface area contributed by atoms with Crippen molar-refractivity contribution < 1.29 is 33.8 Å². The van der Waals surface area contributed by atoms with E-state index < -0.39 is 41.7 Å². The number of hydrogen-bond donors (Lipinski definition) is 2. The van der Waals surface area contributed by atoms with E-state index in [9.17, 15) is 24.3 Å². The number of aliphatic hydroxyl groups is 1. The molecule has 3 aliphatic rings. The van der Waals surface area contributed by atoms with Crippen molar-refractivity contribution >= 4 is 23.7 Å². The van der Waals surface area contributed by atoms with E-state index >= 15 is 0 Å². The molecule has 0 aromatic heterocycles. The van der Waals surface area contributed by atoms with Gasteiger partial charge in [0.1, 0.15) is 17.7 Å². The van der Waals surface area contributed by atoms with Crippen LogP contribution in [0.25, 0.3) is 0 Å². The van der Waals surface area contributed by atoms with Gasteiger partial charge in [0.2, 0.25) is 17.7 Å². The van der Waals surface area contributed by atoms with Crippen molar-refractivity contribution in [2.45, 2.75) is 75.7 Å². The lowest BCUT2D eigenvalue weighted by Gasteiger charge is -2.36. The van der Waals surface area contributed by atoms with Gasteiger partial charge in [-0.25, -0.2) is 0 Å². The fourth-order valence-electron chi connectivity index (χ4n) is 6.79. The third-order valence-corrected chi connectivity index (χ3v) is 8.80. The molecular formula is C33H45N3O7. The van der Waals surface area contributed by atoms with Crippen LogP contribution in [-0.4, -0.2) is 89.1 Å². The molecule has 10 heteroatoms. The van der Waals surface area contributed by atoms with Crippen LogP contribution in [0.3, 0.4) is 0 Å². The van der Waals surface area contributed by atoms with Crippen molar-refractivity contribution in [3.05, 3.63) is 61.2 Å². The fourth-order valence-corrected chi connectivity index (χ4v) is 6.79. The number of aliphatic hydroxyl groups excluding tert-OH is 1. The number of amides is 3. The monoisotopic (exact) mass is 595 g/mol. The molecule has 0 saturated carbocycles. The highest BCUT2D eigenvalue weighted by Gasteiger charge is 2.75. The number of unbranched alkanes of at least 4 members (excludes halogenated alkanes) is 1. The number of allylic oxidation sites excluding steroid dienone is 1. The number of ether oxygens (including phenoxy) is 2. The molecule has 6 atom stereocenters. The molecule has 1 aromatic carbocycles. The summed E-state index contributed by atoms with van der Waals surface area (Å²) in [7, 11) is 0. The number of esters is 1. The average Bonchev–Trinajstić information content (AvgIpc) is 3.66. The van der Waals surface area contributed by atoms with Crippen LogP contribution in [-0.2, 0) is 28.7 Å². The molecule has 234 valence electrons. The van der Waals surface area contributed by atoms with Gasteiger partial charge >= 0.3 is 5.97 Å². The first kappa shape index (κ1) is 32.4. The van der Waals surface area contributed by atoms with Crippen LogP contribution in [0, 0.1) is 11.8 Å². The van der Waals surface area contributed by atoms with Gasteiger partial charge in [-0.2, -0.15) is 0 Å². The molecule has 10 nitrogen and oxygen atoms in total. The number of hydrogen-bond acceptors (Lipinski definition) is 7. The van der Waals surface area contributed by atoms with Gasteiger partial charge in [-0.05, 0) is 37.7 Å². The van der Waals surface area contributed by atoms with Gasteiger partial charge in [0.25, 0.3) is 0 Å². The standard InChI is InChI=1S/C33H45N3O7/c1-4-7-15-26(38)34-22-25(23-13-10-9-11-14-23)42-32(41)27-24-16-17-33(43-24)28(27)30(39)36(20-12-21-37)29(33)31(40)35(18-6-3)19-8-5-2/h4,6,9-11,13-14,24-25,27-29,37H,1,3,5,7-8,12,15-22H2,2H3,(H,34,38)/t24-,25-,27+,28+,29-,33+/m0/s1. The molecule has 2 N–H and O–H groups in total. The molecule has 2 bridgehead atoms. The fraction of sp³-hybridized carbons (Fsp3) is 0.576. The van der Waals surface area contributed by atoms with Crippen LogP contribution in [0.5, 0.6) is 0 Å². The molecule has 0 unspecified atom stereocenters. The Morgan fingerprint density at radius 1 is 1.23 bits per heavy atom. The molecule has 0 radical (unpaired) electrons. The minimum Gasteiger partial charge on any atom is -0.455 e. The first-order chi connectivity index (χ1) is 20.8. The number of nitrogens with zero attached hydrogens (tertiary/aromatic N) is 2. The van der Waals surface area contributed by atoms with Gasteiger partial charge in [-0.15, -0.1) is 13.2 Å². The van der Waals surface area contributed by atoms with E-state index in [0.29, 0.717) is 44.3 Å². The zero-order valence-electron chi connectivity index (χ0n) is 25.1. The molecule has 3 aliphatic heterocycles. The van der Waals surface area contributed by atoms with Crippen LogP contribution in [0.2, 0.25) is 0 Å². The van der Waals surface area contributed by atoms with Crippen LogP contribution in [0.15, 0.2) is 55.6 Å². The molecule has 3 amide bonds. The number of benzene rings is 1. The van der Waals surface area contributed by atoms with Gasteiger partial charge in [0.15, 0.2) is 0 Å². The molecule has 3 fully saturated rings. The molecule has 1 spiro atoms. The topological polar surface area (TPSA) is 125 Å². The maximum atomic E-state index is 14.1. The number of rotatable bonds is 17.